The molecule has 130 valence electrons. The second-order valence-corrected chi connectivity index (χ2v) is 8.38. The average Bonchev–Trinajstić information content (AvgIpc) is 3.26. The molecule has 1 aromatic carbocycles. The van der Waals surface area contributed by atoms with Crippen molar-refractivity contribution in [1.29, 1.82) is 0 Å². The van der Waals surface area contributed by atoms with Crippen molar-refractivity contribution in [2.75, 3.05) is 37.3 Å². The first-order valence-electron chi connectivity index (χ1n) is 7.88. The number of rotatable bonds is 3. The number of hydrogen-bond donors (Lipinski definition) is 0. The normalized spacial score (nSPS) is 15.1. The summed E-state index contributed by atoms with van der Waals surface area (Å²) >= 11 is 6.69. The third-order valence-corrected chi connectivity index (χ3v) is 6.44. The molecule has 1 amide bonds. The van der Waals surface area contributed by atoms with E-state index in [2.05, 4.69) is 45.3 Å². The summed E-state index contributed by atoms with van der Waals surface area (Å²) in [5, 5.41) is 1.03. The molecular formula is C17H16BrN3O2S2. The number of anilines is 1. The molecular weight excluding hydrogens is 422 g/mol. The molecule has 1 aliphatic heterocycles. The lowest BCUT2D eigenvalue weighted by Gasteiger charge is -2.34. The van der Waals surface area contributed by atoms with Crippen LogP contribution < -0.4 is 4.90 Å². The zero-order valence-electron chi connectivity index (χ0n) is 13.6. The molecule has 1 saturated heterocycles. The van der Waals surface area contributed by atoms with E-state index in [-0.39, 0.29) is 5.91 Å². The quantitative estimate of drug-likeness (QED) is 0.570. The van der Waals surface area contributed by atoms with Crippen molar-refractivity contribution in [2.45, 2.75) is 4.90 Å². The summed E-state index contributed by atoms with van der Waals surface area (Å²) in [5.41, 5.74) is 1.04. The van der Waals surface area contributed by atoms with Gasteiger partial charge in [0.25, 0.3) is 5.91 Å². The maximum Gasteiger partial charge on any atom is 0.289 e. The molecule has 0 spiro atoms. The zero-order chi connectivity index (χ0) is 17.4. The molecule has 0 atom stereocenters. The molecule has 0 radical (unpaired) electrons. The van der Waals surface area contributed by atoms with E-state index in [0.29, 0.717) is 23.5 Å². The van der Waals surface area contributed by atoms with Crippen molar-refractivity contribution >= 4 is 60.3 Å². The van der Waals surface area contributed by atoms with E-state index in [4.69, 9.17) is 9.40 Å². The van der Waals surface area contributed by atoms with Crippen LogP contribution in [0.15, 0.2) is 44.3 Å². The lowest BCUT2D eigenvalue weighted by Crippen LogP contribution is -2.48. The molecule has 0 N–H and O–H groups in total. The van der Waals surface area contributed by atoms with Crippen molar-refractivity contribution in [1.82, 2.24) is 9.88 Å². The second-order valence-electron chi connectivity index (χ2n) is 5.71. The lowest BCUT2D eigenvalue weighted by molar-refractivity contribution is 0.0713. The Bertz CT molecular complexity index is 916. The van der Waals surface area contributed by atoms with E-state index in [1.165, 1.54) is 9.60 Å². The number of aromatic nitrogens is 1. The van der Waals surface area contributed by atoms with Crippen molar-refractivity contribution in [2.24, 2.45) is 0 Å². The predicted octanol–water partition coefficient (Wildman–Crippen LogP) is 4.34. The van der Waals surface area contributed by atoms with Crippen molar-refractivity contribution in [3.05, 3.63) is 40.8 Å². The Morgan fingerprint density at radius 1 is 1.24 bits per heavy atom. The van der Waals surface area contributed by atoms with Crippen LogP contribution in [0.1, 0.15) is 10.6 Å². The standard InChI is InChI=1S/C17H16BrN3O2S2/c1-24-11-2-3-12-14(10-11)25-17(19-12)21-8-6-20(7-9-21)16(22)13-4-5-15(18)23-13/h2-5,10H,6-9H2,1H3. The fraction of sp³-hybridized carbons (Fsp3) is 0.294. The van der Waals surface area contributed by atoms with Gasteiger partial charge in [-0.15, -0.1) is 11.8 Å². The number of carbonyl (C=O) groups excluding carboxylic acids is 1. The van der Waals surface area contributed by atoms with Gasteiger partial charge in [-0.25, -0.2) is 4.98 Å². The van der Waals surface area contributed by atoms with Crippen molar-refractivity contribution < 1.29 is 9.21 Å². The van der Waals surface area contributed by atoms with E-state index in [9.17, 15) is 4.79 Å². The Hall–Kier alpha value is -1.51. The van der Waals surface area contributed by atoms with Crippen molar-refractivity contribution in [3.8, 4) is 0 Å². The number of halogens is 1. The lowest BCUT2D eigenvalue weighted by atomic mass is 10.3. The van der Waals surface area contributed by atoms with Crippen LogP contribution in [0.25, 0.3) is 10.2 Å². The van der Waals surface area contributed by atoms with Gasteiger partial charge in [0.15, 0.2) is 15.6 Å². The van der Waals surface area contributed by atoms with Crippen LogP contribution in [-0.4, -0.2) is 48.2 Å². The predicted molar refractivity (Wildman–Crippen MR) is 106 cm³/mol. The summed E-state index contributed by atoms with van der Waals surface area (Å²) in [6.07, 6.45) is 2.08. The monoisotopic (exact) mass is 437 g/mol. The van der Waals surface area contributed by atoms with Gasteiger partial charge in [-0.1, -0.05) is 11.3 Å². The van der Waals surface area contributed by atoms with Gasteiger partial charge in [-0.05, 0) is 52.5 Å². The molecule has 3 heterocycles. The summed E-state index contributed by atoms with van der Waals surface area (Å²) in [6.45, 7) is 2.90. The molecule has 3 aromatic rings. The molecule has 5 nitrogen and oxygen atoms in total. The van der Waals surface area contributed by atoms with Gasteiger partial charge in [0.1, 0.15) is 0 Å². The van der Waals surface area contributed by atoms with Crippen LogP contribution in [-0.2, 0) is 0 Å². The molecule has 1 fully saturated rings. The van der Waals surface area contributed by atoms with Gasteiger partial charge in [0.2, 0.25) is 0 Å². The molecule has 0 aliphatic carbocycles. The first kappa shape index (κ1) is 16.9. The Morgan fingerprint density at radius 2 is 2.04 bits per heavy atom. The third-order valence-electron chi connectivity index (χ3n) is 4.21. The molecule has 25 heavy (non-hydrogen) atoms. The first-order chi connectivity index (χ1) is 12.1. The molecule has 0 unspecified atom stereocenters. The molecule has 2 aromatic heterocycles. The minimum Gasteiger partial charge on any atom is -0.444 e. The highest BCUT2D eigenvalue weighted by Gasteiger charge is 2.25. The highest BCUT2D eigenvalue weighted by Crippen LogP contribution is 2.32. The van der Waals surface area contributed by atoms with Gasteiger partial charge in [-0.3, -0.25) is 4.79 Å². The number of hydrogen-bond acceptors (Lipinski definition) is 6. The number of fused-ring (bicyclic) bond motifs is 1. The smallest absolute Gasteiger partial charge is 0.289 e. The van der Waals surface area contributed by atoms with Gasteiger partial charge >= 0.3 is 0 Å². The number of benzene rings is 1. The minimum absolute atomic E-state index is 0.0562. The van der Waals surface area contributed by atoms with Gasteiger partial charge < -0.3 is 14.2 Å². The van der Waals surface area contributed by atoms with Crippen molar-refractivity contribution in [3.63, 3.8) is 0 Å². The number of piperazine rings is 1. The highest BCUT2D eigenvalue weighted by molar-refractivity contribution is 9.10. The van der Waals surface area contributed by atoms with E-state index >= 15 is 0 Å². The summed E-state index contributed by atoms with van der Waals surface area (Å²) in [5.74, 6) is 0.323. The van der Waals surface area contributed by atoms with Crippen LogP contribution in [0.4, 0.5) is 5.13 Å². The Labute approximate surface area is 162 Å². The summed E-state index contributed by atoms with van der Waals surface area (Å²) in [6, 6.07) is 9.82. The zero-order valence-corrected chi connectivity index (χ0v) is 16.8. The SMILES string of the molecule is CSc1ccc2nc(N3CCN(C(=O)c4ccc(Br)o4)CC3)sc2c1. The number of furan rings is 1. The van der Waals surface area contributed by atoms with Crippen LogP contribution in [0.3, 0.4) is 0 Å². The fourth-order valence-electron chi connectivity index (χ4n) is 2.84. The van der Waals surface area contributed by atoms with E-state index in [1.807, 2.05) is 4.90 Å². The van der Waals surface area contributed by atoms with Crippen LogP contribution in [0.5, 0.6) is 0 Å². The molecule has 0 saturated carbocycles. The number of nitrogens with zero attached hydrogens (tertiary/aromatic N) is 3. The highest BCUT2D eigenvalue weighted by atomic mass is 79.9. The van der Waals surface area contributed by atoms with Gasteiger partial charge in [0.05, 0.1) is 10.2 Å². The van der Waals surface area contributed by atoms with E-state index in [1.54, 1.807) is 35.2 Å². The Morgan fingerprint density at radius 3 is 2.72 bits per heavy atom. The van der Waals surface area contributed by atoms with E-state index < -0.39 is 0 Å². The maximum absolute atomic E-state index is 12.4. The van der Waals surface area contributed by atoms with E-state index in [0.717, 1.165) is 23.7 Å². The topological polar surface area (TPSA) is 49.6 Å². The van der Waals surface area contributed by atoms with Gasteiger partial charge in [-0.2, -0.15) is 0 Å². The third kappa shape index (κ3) is 3.43. The number of carbonyl (C=O) groups is 1. The van der Waals surface area contributed by atoms with Crippen LogP contribution >= 0.6 is 39.0 Å². The molecule has 0 bridgehead atoms. The maximum atomic E-state index is 12.4. The Balaban J connectivity index is 1.45. The average molecular weight is 438 g/mol. The summed E-state index contributed by atoms with van der Waals surface area (Å²) < 4.78 is 7.16. The summed E-state index contributed by atoms with van der Waals surface area (Å²) in [4.78, 5) is 22.5. The number of thiazole rings is 1. The Kier molecular flexibility index (Phi) is 4.75. The van der Waals surface area contributed by atoms with Gasteiger partial charge in [0, 0.05) is 31.1 Å². The van der Waals surface area contributed by atoms with Crippen LogP contribution in [0.2, 0.25) is 0 Å². The minimum atomic E-state index is -0.0562. The molecule has 1 aliphatic rings. The first-order valence-corrected chi connectivity index (χ1v) is 10.7. The van der Waals surface area contributed by atoms with Crippen LogP contribution in [0, 0.1) is 0 Å². The molecule has 8 heteroatoms. The number of thioether (sulfide) groups is 1. The number of amides is 1. The second kappa shape index (κ2) is 7.01. The molecule has 4 rings (SSSR count). The largest absolute Gasteiger partial charge is 0.444 e. The fourth-order valence-corrected chi connectivity index (χ4v) is 4.72. The summed E-state index contributed by atoms with van der Waals surface area (Å²) in [7, 11) is 0.